The lowest BCUT2D eigenvalue weighted by Crippen LogP contribution is -2.47. The zero-order chi connectivity index (χ0) is 15.2. The lowest BCUT2D eigenvalue weighted by molar-refractivity contribution is 0.0213. The Labute approximate surface area is 158 Å². The highest BCUT2D eigenvalue weighted by atomic mass is 35.5. The Balaban J connectivity index is 0.00000144. The molecule has 4 nitrogen and oxygen atoms in total. The maximum absolute atomic E-state index is 5.59. The fourth-order valence-electron chi connectivity index (χ4n) is 3.70. The van der Waals surface area contributed by atoms with E-state index in [4.69, 9.17) is 9.47 Å². The van der Waals surface area contributed by atoms with Crippen LogP contribution in [0.4, 0.5) is 0 Å². The minimum atomic E-state index is 0. The summed E-state index contributed by atoms with van der Waals surface area (Å²) in [5, 5.41) is 3.46. The number of nitrogens with one attached hydrogen (secondary N) is 1. The van der Waals surface area contributed by atoms with Crippen LogP contribution in [0, 0.1) is 5.92 Å². The lowest BCUT2D eigenvalue weighted by Gasteiger charge is -2.41. The number of benzene rings is 1. The number of piperazine rings is 1. The molecular weight excluding hydrogens is 347 g/mol. The highest BCUT2D eigenvalue weighted by Gasteiger charge is 2.31. The monoisotopic (exact) mass is 376 g/mol. The number of ether oxygens (including phenoxy) is 2. The van der Waals surface area contributed by atoms with Gasteiger partial charge in [-0.25, -0.2) is 0 Å². The summed E-state index contributed by atoms with van der Waals surface area (Å²) in [4.78, 5) is 2.65. The van der Waals surface area contributed by atoms with E-state index >= 15 is 0 Å². The summed E-state index contributed by atoms with van der Waals surface area (Å²) in [5.41, 5.74) is 1.43. The number of hydrogen-bond acceptors (Lipinski definition) is 4. The van der Waals surface area contributed by atoms with Crippen LogP contribution in [0.1, 0.15) is 31.4 Å². The largest absolute Gasteiger partial charge is 0.494 e. The van der Waals surface area contributed by atoms with Gasteiger partial charge in [-0.1, -0.05) is 12.1 Å². The summed E-state index contributed by atoms with van der Waals surface area (Å²) < 4.78 is 11.2. The van der Waals surface area contributed by atoms with Gasteiger partial charge in [0.2, 0.25) is 0 Å². The smallest absolute Gasteiger partial charge is 0.119 e. The third kappa shape index (κ3) is 5.50. The van der Waals surface area contributed by atoms with Crippen molar-refractivity contribution in [3.05, 3.63) is 29.8 Å². The molecule has 1 N–H and O–H groups in total. The molecular formula is C18H30Cl2N2O2. The van der Waals surface area contributed by atoms with E-state index in [1.54, 1.807) is 0 Å². The molecule has 0 bridgehead atoms. The summed E-state index contributed by atoms with van der Waals surface area (Å²) in [6, 6.07) is 9.27. The van der Waals surface area contributed by atoms with Crippen LogP contribution in [-0.4, -0.2) is 50.9 Å². The SMILES string of the molecule is CCOc1ccc([C@H](C2CCOCC2)N2CCNCC2)cc1.Cl.Cl. The molecule has 0 aliphatic carbocycles. The molecule has 0 amide bonds. The van der Waals surface area contributed by atoms with Crippen LogP contribution in [-0.2, 0) is 4.74 Å². The normalized spacial score (nSPS) is 20.5. The second kappa shape index (κ2) is 11.2. The van der Waals surface area contributed by atoms with Crippen molar-refractivity contribution in [2.24, 2.45) is 5.92 Å². The van der Waals surface area contributed by atoms with Crippen LogP contribution < -0.4 is 10.1 Å². The van der Waals surface area contributed by atoms with E-state index in [2.05, 4.69) is 34.5 Å². The third-order valence-electron chi connectivity index (χ3n) is 4.79. The average Bonchev–Trinajstić information content (AvgIpc) is 2.59. The Hall–Kier alpha value is -0.520. The molecule has 3 rings (SSSR count). The number of nitrogens with zero attached hydrogens (tertiary/aromatic N) is 1. The first-order chi connectivity index (χ1) is 10.9. The van der Waals surface area contributed by atoms with Crippen molar-refractivity contribution >= 4 is 24.8 Å². The number of halogens is 2. The predicted molar refractivity (Wildman–Crippen MR) is 103 cm³/mol. The van der Waals surface area contributed by atoms with E-state index < -0.39 is 0 Å². The molecule has 2 aliphatic rings. The van der Waals surface area contributed by atoms with E-state index in [9.17, 15) is 0 Å². The summed E-state index contributed by atoms with van der Waals surface area (Å²) >= 11 is 0. The van der Waals surface area contributed by atoms with Crippen molar-refractivity contribution < 1.29 is 9.47 Å². The van der Waals surface area contributed by atoms with Crippen LogP contribution in [0.15, 0.2) is 24.3 Å². The van der Waals surface area contributed by atoms with Crippen LogP contribution in [0.5, 0.6) is 5.75 Å². The van der Waals surface area contributed by atoms with Crippen LogP contribution in [0.25, 0.3) is 0 Å². The highest BCUT2D eigenvalue weighted by Crippen LogP contribution is 2.35. The molecule has 6 heteroatoms. The van der Waals surface area contributed by atoms with Gasteiger partial charge in [0.15, 0.2) is 0 Å². The minimum Gasteiger partial charge on any atom is -0.494 e. The first-order valence-corrected chi connectivity index (χ1v) is 8.63. The Morgan fingerprint density at radius 3 is 2.33 bits per heavy atom. The van der Waals surface area contributed by atoms with Gasteiger partial charge < -0.3 is 14.8 Å². The molecule has 1 atom stereocenters. The summed E-state index contributed by atoms with van der Waals surface area (Å²) in [5.74, 6) is 1.67. The molecule has 138 valence electrons. The third-order valence-corrected chi connectivity index (χ3v) is 4.79. The van der Waals surface area contributed by atoms with E-state index in [1.165, 1.54) is 18.4 Å². The Morgan fingerprint density at radius 2 is 1.75 bits per heavy atom. The Bertz CT molecular complexity index is 429. The second-order valence-corrected chi connectivity index (χ2v) is 6.18. The maximum atomic E-state index is 5.59. The van der Waals surface area contributed by atoms with Gasteiger partial charge in [0.25, 0.3) is 0 Å². The molecule has 1 aromatic carbocycles. The van der Waals surface area contributed by atoms with Crippen LogP contribution in [0.2, 0.25) is 0 Å². The molecule has 1 aromatic rings. The molecule has 0 aromatic heterocycles. The molecule has 2 fully saturated rings. The van der Waals surface area contributed by atoms with Gasteiger partial charge in [-0.2, -0.15) is 0 Å². The number of hydrogen-bond donors (Lipinski definition) is 1. The number of rotatable bonds is 5. The molecule has 2 heterocycles. The molecule has 0 unspecified atom stereocenters. The van der Waals surface area contributed by atoms with E-state index in [1.807, 2.05) is 6.92 Å². The molecule has 0 saturated carbocycles. The van der Waals surface area contributed by atoms with Gasteiger partial charge in [0.1, 0.15) is 5.75 Å². The molecule has 0 radical (unpaired) electrons. The van der Waals surface area contributed by atoms with E-state index in [0.29, 0.717) is 12.0 Å². The topological polar surface area (TPSA) is 33.7 Å². The minimum absolute atomic E-state index is 0. The molecule has 2 saturated heterocycles. The predicted octanol–water partition coefficient (Wildman–Crippen LogP) is 3.30. The Kier molecular flexibility index (Phi) is 10.0. The van der Waals surface area contributed by atoms with Crippen molar-refractivity contribution in [3.63, 3.8) is 0 Å². The molecule has 24 heavy (non-hydrogen) atoms. The highest BCUT2D eigenvalue weighted by molar-refractivity contribution is 5.85. The summed E-state index contributed by atoms with van der Waals surface area (Å²) in [6.07, 6.45) is 2.34. The van der Waals surface area contributed by atoms with Crippen molar-refractivity contribution in [1.29, 1.82) is 0 Å². The first kappa shape index (κ1) is 21.5. The average molecular weight is 377 g/mol. The Morgan fingerprint density at radius 1 is 1.12 bits per heavy atom. The fraction of sp³-hybridized carbons (Fsp3) is 0.667. The van der Waals surface area contributed by atoms with Crippen LogP contribution >= 0.6 is 24.8 Å². The van der Waals surface area contributed by atoms with Gasteiger partial charge in [-0.3, -0.25) is 4.90 Å². The second-order valence-electron chi connectivity index (χ2n) is 6.18. The summed E-state index contributed by atoms with van der Waals surface area (Å²) in [7, 11) is 0. The molecule has 2 aliphatic heterocycles. The standard InChI is InChI=1S/C18H28N2O2.2ClH/c1-2-22-17-5-3-15(4-6-17)18(16-7-13-21-14-8-16)20-11-9-19-10-12-20;;/h3-6,16,18-19H,2,7-14H2,1H3;2*1H/t18-;;/m1../s1. The van der Waals surface area contributed by atoms with Gasteiger partial charge in [0.05, 0.1) is 6.61 Å². The van der Waals surface area contributed by atoms with Crippen LogP contribution in [0.3, 0.4) is 0 Å². The van der Waals surface area contributed by atoms with Crippen molar-refractivity contribution in [1.82, 2.24) is 10.2 Å². The van der Waals surface area contributed by atoms with Gasteiger partial charge >= 0.3 is 0 Å². The van der Waals surface area contributed by atoms with Gasteiger partial charge in [0, 0.05) is 45.4 Å². The van der Waals surface area contributed by atoms with Gasteiger partial charge in [-0.05, 0) is 43.4 Å². The first-order valence-electron chi connectivity index (χ1n) is 8.63. The molecule has 0 spiro atoms. The van der Waals surface area contributed by atoms with Gasteiger partial charge in [-0.15, -0.1) is 24.8 Å². The van der Waals surface area contributed by atoms with Crippen molar-refractivity contribution in [2.75, 3.05) is 46.0 Å². The van der Waals surface area contributed by atoms with E-state index in [-0.39, 0.29) is 24.8 Å². The van der Waals surface area contributed by atoms with Crippen molar-refractivity contribution in [3.8, 4) is 5.75 Å². The summed E-state index contributed by atoms with van der Waals surface area (Å²) in [6.45, 7) is 9.02. The van der Waals surface area contributed by atoms with E-state index in [0.717, 1.165) is 51.7 Å². The zero-order valence-electron chi connectivity index (χ0n) is 14.4. The zero-order valence-corrected chi connectivity index (χ0v) is 16.0. The maximum Gasteiger partial charge on any atom is 0.119 e. The quantitative estimate of drug-likeness (QED) is 0.854. The fourth-order valence-corrected chi connectivity index (χ4v) is 3.70. The lowest BCUT2D eigenvalue weighted by atomic mass is 9.85. The van der Waals surface area contributed by atoms with Crippen molar-refractivity contribution in [2.45, 2.75) is 25.8 Å².